The van der Waals surface area contributed by atoms with E-state index in [-0.39, 0.29) is 5.56 Å². The number of fused-ring (bicyclic) bond motifs is 1. The summed E-state index contributed by atoms with van der Waals surface area (Å²) in [6, 6.07) is 12.6. The van der Waals surface area contributed by atoms with Crippen molar-refractivity contribution in [2.45, 2.75) is 0 Å². The summed E-state index contributed by atoms with van der Waals surface area (Å²) in [5.74, 6) is 0.718. The molecule has 1 aromatic carbocycles. The highest BCUT2D eigenvalue weighted by Crippen LogP contribution is 2.19. The van der Waals surface area contributed by atoms with Crippen LogP contribution in [0.5, 0.6) is 5.75 Å². The van der Waals surface area contributed by atoms with E-state index in [9.17, 15) is 4.79 Å². The molecule has 94 valence electrons. The molecule has 0 saturated heterocycles. The molecule has 3 aromatic rings. The topological polar surface area (TPSA) is 44.1 Å². The quantitative estimate of drug-likeness (QED) is 0.703. The summed E-state index contributed by atoms with van der Waals surface area (Å²) >= 11 is 0. The molecule has 0 fully saturated rings. The number of hydrogen-bond acceptors (Lipinski definition) is 3. The molecule has 0 aliphatic rings. The zero-order valence-corrected chi connectivity index (χ0v) is 10.4. The molecule has 0 atom stereocenters. The average Bonchev–Trinajstić information content (AvgIpc) is 2.47. The van der Waals surface area contributed by atoms with Gasteiger partial charge in [0.05, 0.1) is 18.3 Å². The second-order valence-electron chi connectivity index (χ2n) is 4.14. The molecule has 0 unspecified atom stereocenters. The van der Waals surface area contributed by atoms with Gasteiger partial charge in [0.15, 0.2) is 0 Å². The van der Waals surface area contributed by atoms with E-state index in [1.165, 1.54) is 0 Å². The van der Waals surface area contributed by atoms with Gasteiger partial charge in [-0.05, 0) is 24.3 Å². The van der Waals surface area contributed by atoms with Gasteiger partial charge in [0.25, 0.3) is 5.56 Å². The Hall–Kier alpha value is -2.62. The van der Waals surface area contributed by atoms with Crippen LogP contribution in [0.15, 0.2) is 59.7 Å². The maximum absolute atomic E-state index is 12.1. The van der Waals surface area contributed by atoms with E-state index in [0.29, 0.717) is 0 Å². The fourth-order valence-electron chi connectivity index (χ4n) is 2.10. The van der Waals surface area contributed by atoms with Gasteiger partial charge in [0.2, 0.25) is 0 Å². The second kappa shape index (κ2) is 4.57. The number of aromatic nitrogens is 2. The lowest BCUT2D eigenvalue weighted by molar-refractivity contribution is 0.414. The molecule has 0 amide bonds. The van der Waals surface area contributed by atoms with Crippen molar-refractivity contribution in [3.05, 3.63) is 65.2 Å². The Labute approximate surface area is 109 Å². The first-order valence-corrected chi connectivity index (χ1v) is 5.90. The van der Waals surface area contributed by atoms with Gasteiger partial charge in [-0.3, -0.25) is 14.3 Å². The standard InChI is InChI=1S/C15H12N2O2/c1-19-13-4-2-3-12(9-13)17-14-7-8-16-10-11(14)5-6-15(17)18/h2-10H,1H3. The summed E-state index contributed by atoms with van der Waals surface area (Å²) in [6.07, 6.45) is 3.42. The van der Waals surface area contributed by atoms with E-state index >= 15 is 0 Å². The van der Waals surface area contributed by atoms with Crippen molar-refractivity contribution in [2.75, 3.05) is 7.11 Å². The molecule has 0 aliphatic heterocycles. The Bertz CT molecular complexity index is 793. The van der Waals surface area contributed by atoms with Gasteiger partial charge in [0, 0.05) is 29.9 Å². The van der Waals surface area contributed by atoms with Crippen LogP contribution in [0, 0.1) is 0 Å². The van der Waals surface area contributed by atoms with Crippen LogP contribution in [0.1, 0.15) is 0 Å². The molecule has 0 spiro atoms. The number of ether oxygens (including phenoxy) is 1. The van der Waals surface area contributed by atoms with Crippen molar-refractivity contribution in [1.29, 1.82) is 0 Å². The van der Waals surface area contributed by atoms with Gasteiger partial charge in [0.1, 0.15) is 5.75 Å². The predicted octanol–water partition coefficient (Wildman–Crippen LogP) is 2.39. The minimum Gasteiger partial charge on any atom is -0.497 e. The molecule has 4 heteroatoms. The van der Waals surface area contributed by atoms with Gasteiger partial charge in [-0.1, -0.05) is 6.07 Å². The zero-order chi connectivity index (χ0) is 13.2. The van der Waals surface area contributed by atoms with E-state index < -0.39 is 0 Å². The highest BCUT2D eigenvalue weighted by Gasteiger charge is 2.06. The van der Waals surface area contributed by atoms with E-state index in [1.54, 1.807) is 36.2 Å². The maximum atomic E-state index is 12.1. The summed E-state index contributed by atoms with van der Waals surface area (Å²) in [6.45, 7) is 0. The van der Waals surface area contributed by atoms with Crippen LogP contribution in [0.2, 0.25) is 0 Å². The molecule has 4 nitrogen and oxygen atoms in total. The first-order valence-electron chi connectivity index (χ1n) is 5.90. The Morgan fingerprint density at radius 3 is 2.89 bits per heavy atom. The van der Waals surface area contributed by atoms with Gasteiger partial charge < -0.3 is 4.74 Å². The third-order valence-corrected chi connectivity index (χ3v) is 3.01. The molecule has 2 heterocycles. The van der Waals surface area contributed by atoms with E-state index in [2.05, 4.69) is 4.98 Å². The third-order valence-electron chi connectivity index (χ3n) is 3.01. The van der Waals surface area contributed by atoms with E-state index in [4.69, 9.17) is 4.74 Å². The van der Waals surface area contributed by atoms with Crippen LogP contribution in [-0.4, -0.2) is 16.7 Å². The molecule has 0 N–H and O–H groups in total. The Morgan fingerprint density at radius 2 is 2.05 bits per heavy atom. The normalized spacial score (nSPS) is 10.6. The smallest absolute Gasteiger partial charge is 0.255 e. The lowest BCUT2D eigenvalue weighted by atomic mass is 10.2. The van der Waals surface area contributed by atoms with Crippen LogP contribution in [0.25, 0.3) is 16.6 Å². The van der Waals surface area contributed by atoms with Crippen LogP contribution >= 0.6 is 0 Å². The monoisotopic (exact) mass is 252 g/mol. The second-order valence-corrected chi connectivity index (χ2v) is 4.14. The number of methoxy groups -OCH3 is 1. The zero-order valence-electron chi connectivity index (χ0n) is 10.4. The van der Waals surface area contributed by atoms with E-state index in [1.807, 2.05) is 30.3 Å². The summed E-state index contributed by atoms with van der Waals surface area (Å²) in [7, 11) is 1.61. The lowest BCUT2D eigenvalue weighted by Crippen LogP contribution is -2.17. The van der Waals surface area contributed by atoms with E-state index in [0.717, 1.165) is 22.3 Å². The van der Waals surface area contributed by atoms with Crippen molar-refractivity contribution < 1.29 is 4.74 Å². The molecule has 3 rings (SSSR count). The number of pyridine rings is 2. The first-order chi connectivity index (χ1) is 9.29. The average molecular weight is 252 g/mol. The van der Waals surface area contributed by atoms with Crippen LogP contribution < -0.4 is 10.3 Å². The number of rotatable bonds is 2. The molecule has 2 aromatic heterocycles. The highest BCUT2D eigenvalue weighted by atomic mass is 16.5. The van der Waals surface area contributed by atoms with Gasteiger partial charge in [-0.2, -0.15) is 0 Å². The number of benzene rings is 1. The third kappa shape index (κ3) is 1.97. The largest absolute Gasteiger partial charge is 0.497 e. The molecule has 0 radical (unpaired) electrons. The van der Waals surface area contributed by atoms with Crippen LogP contribution in [-0.2, 0) is 0 Å². The molecule has 0 aliphatic carbocycles. The van der Waals surface area contributed by atoms with Gasteiger partial charge in [-0.15, -0.1) is 0 Å². The van der Waals surface area contributed by atoms with Crippen molar-refractivity contribution in [3.63, 3.8) is 0 Å². The minimum absolute atomic E-state index is 0.0769. The maximum Gasteiger partial charge on any atom is 0.255 e. The van der Waals surface area contributed by atoms with Crippen molar-refractivity contribution >= 4 is 10.9 Å². The van der Waals surface area contributed by atoms with Crippen molar-refractivity contribution in [1.82, 2.24) is 9.55 Å². The summed E-state index contributed by atoms with van der Waals surface area (Å²) in [5, 5.41) is 0.921. The van der Waals surface area contributed by atoms with Crippen LogP contribution in [0.3, 0.4) is 0 Å². The van der Waals surface area contributed by atoms with Gasteiger partial charge in [-0.25, -0.2) is 0 Å². The molecule has 0 bridgehead atoms. The number of hydrogen-bond donors (Lipinski definition) is 0. The van der Waals surface area contributed by atoms with Crippen LogP contribution in [0.4, 0.5) is 0 Å². The Morgan fingerprint density at radius 1 is 1.16 bits per heavy atom. The molecule has 0 saturated carbocycles. The Balaban J connectivity index is 2.35. The number of nitrogens with zero attached hydrogens (tertiary/aromatic N) is 2. The van der Waals surface area contributed by atoms with Crippen molar-refractivity contribution in [3.8, 4) is 11.4 Å². The van der Waals surface area contributed by atoms with Gasteiger partial charge >= 0.3 is 0 Å². The molecular formula is C15H12N2O2. The SMILES string of the molecule is COc1cccc(-n2c(=O)ccc3cnccc32)c1. The molecule has 19 heavy (non-hydrogen) atoms. The van der Waals surface area contributed by atoms with Crippen molar-refractivity contribution in [2.24, 2.45) is 0 Å². The summed E-state index contributed by atoms with van der Waals surface area (Å²) < 4.78 is 6.85. The fourth-order valence-corrected chi connectivity index (χ4v) is 2.10. The summed E-state index contributed by atoms with van der Waals surface area (Å²) in [5.41, 5.74) is 1.53. The fraction of sp³-hybridized carbons (Fsp3) is 0.0667. The first kappa shape index (κ1) is 11.5. The molecular weight excluding hydrogens is 240 g/mol. The summed E-state index contributed by atoms with van der Waals surface area (Å²) in [4.78, 5) is 16.2. The Kier molecular flexibility index (Phi) is 2.76. The highest BCUT2D eigenvalue weighted by molar-refractivity contribution is 5.79. The predicted molar refractivity (Wildman–Crippen MR) is 73.9 cm³/mol. The minimum atomic E-state index is -0.0769. The lowest BCUT2D eigenvalue weighted by Gasteiger charge is -2.10.